The molecular formula is C17H17F4NO7. The van der Waals surface area contributed by atoms with Crippen molar-refractivity contribution in [3.8, 4) is 11.5 Å². The van der Waals surface area contributed by atoms with Crippen molar-refractivity contribution in [2.75, 3.05) is 27.3 Å². The van der Waals surface area contributed by atoms with Gasteiger partial charge in [0, 0.05) is 17.7 Å². The summed E-state index contributed by atoms with van der Waals surface area (Å²) in [4.78, 5) is 35.9. The van der Waals surface area contributed by atoms with Crippen LogP contribution in [0.4, 0.5) is 17.6 Å². The molecule has 0 unspecified atom stereocenters. The lowest BCUT2D eigenvalue weighted by molar-refractivity contribution is -0.150. The summed E-state index contributed by atoms with van der Waals surface area (Å²) in [5, 5.41) is 0. The maximum absolute atomic E-state index is 12.6. The molecule has 0 aliphatic heterocycles. The van der Waals surface area contributed by atoms with E-state index in [1.807, 2.05) is 0 Å². The maximum Gasteiger partial charge on any atom is 0.387 e. The fourth-order valence-corrected chi connectivity index (χ4v) is 1.95. The third kappa shape index (κ3) is 8.49. The van der Waals surface area contributed by atoms with E-state index in [1.54, 1.807) is 0 Å². The van der Waals surface area contributed by atoms with E-state index in [0.717, 1.165) is 49.5 Å². The molecule has 8 nitrogen and oxygen atoms in total. The second-order valence-electron chi connectivity index (χ2n) is 5.14. The highest BCUT2D eigenvalue weighted by atomic mass is 19.3. The van der Waals surface area contributed by atoms with Crippen molar-refractivity contribution in [2.45, 2.75) is 13.2 Å². The first kappa shape index (κ1) is 23.7. The van der Waals surface area contributed by atoms with Crippen molar-refractivity contribution in [3.63, 3.8) is 0 Å². The largest absolute Gasteiger partial charge is 0.468 e. The second-order valence-corrected chi connectivity index (χ2v) is 5.14. The molecule has 1 amide bonds. The first-order chi connectivity index (χ1) is 13.7. The number of benzene rings is 1. The lowest BCUT2D eigenvalue weighted by Gasteiger charge is -2.18. The van der Waals surface area contributed by atoms with Gasteiger partial charge in [0.15, 0.2) is 0 Å². The maximum atomic E-state index is 12.6. The van der Waals surface area contributed by atoms with Crippen LogP contribution in [-0.4, -0.2) is 63.3 Å². The number of rotatable bonds is 10. The van der Waals surface area contributed by atoms with Gasteiger partial charge < -0.3 is 23.8 Å². The summed E-state index contributed by atoms with van der Waals surface area (Å²) < 4.78 is 66.9. The predicted octanol–water partition coefficient (Wildman–Crippen LogP) is 2.08. The van der Waals surface area contributed by atoms with Crippen molar-refractivity contribution >= 4 is 23.9 Å². The summed E-state index contributed by atoms with van der Waals surface area (Å²) in [7, 11) is 2.16. The van der Waals surface area contributed by atoms with Gasteiger partial charge >= 0.3 is 25.2 Å². The average molecular weight is 423 g/mol. The summed E-state index contributed by atoms with van der Waals surface area (Å²) >= 11 is 0. The van der Waals surface area contributed by atoms with Crippen molar-refractivity contribution in [1.82, 2.24) is 4.90 Å². The lowest BCUT2D eigenvalue weighted by Crippen LogP contribution is -2.39. The Morgan fingerprint density at radius 1 is 0.966 bits per heavy atom. The SMILES string of the molecule is COC(=O)CN(CC(=O)OC)C(=O)/C=C/c1ccc(OC(F)F)cc1OC(F)F. The highest BCUT2D eigenvalue weighted by molar-refractivity contribution is 5.96. The Morgan fingerprint density at radius 3 is 2.00 bits per heavy atom. The van der Waals surface area contributed by atoms with Gasteiger partial charge in [-0.2, -0.15) is 17.6 Å². The molecule has 0 fully saturated rings. The second kappa shape index (κ2) is 11.5. The molecule has 1 rings (SSSR count). The van der Waals surface area contributed by atoms with E-state index in [4.69, 9.17) is 0 Å². The smallest absolute Gasteiger partial charge is 0.387 e. The van der Waals surface area contributed by atoms with Crippen LogP contribution in [0.15, 0.2) is 24.3 Å². The topological polar surface area (TPSA) is 91.4 Å². The number of ether oxygens (including phenoxy) is 4. The summed E-state index contributed by atoms with van der Waals surface area (Å²) in [5.41, 5.74) is -0.0728. The summed E-state index contributed by atoms with van der Waals surface area (Å²) in [5.74, 6) is -3.44. The molecular weight excluding hydrogens is 406 g/mol. The van der Waals surface area contributed by atoms with Gasteiger partial charge in [-0.05, 0) is 18.2 Å². The molecule has 0 aliphatic rings. The van der Waals surface area contributed by atoms with E-state index in [2.05, 4.69) is 18.9 Å². The Kier molecular flexibility index (Phi) is 9.42. The Morgan fingerprint density at radius 2 is 1.52 bits per heavy atom. The lowest BCUT2D eigenvalue weighted by atomic mass is 10.1. The number of halogens is 4. The van der Waals surface area contributed by atoms with Gasteiger partial charge in [-0.25, -0.2) is 0 Å². The van der Waals surface area contributed by atoms with Crippen LogP contribution in [0, 0.1) is 0 Å². The van der Waals surface area contributed by atoms with Crippen molar-refractivity contribution in [3.05, 3.63) is 29.8 Å². The number of esters is 2. The third-order valence-electron chi connectivity index (χ3n) is 3.24. The zero-order valence-corrected chi connectivity index (χ0v) is 15.3. The van der Waals surface area contributed by atoms with E-state index >= 15 is 0 Å². The molecule has 0 bridgehead atoms. The highest BCUT2D eigenvalue weighted by Gasteiger charge is 2.19. The van der Waals surface area contributed by atoms with Crippen molar-refractivity contribution in [2.24, 2.45) is 0 Å². The molecule has 0 radical (unpaired) electrons. The van der Waals surface area contributed by atoms with Crippen LogP contribution < -0.4 is 9.47 Å². The number of hydrogen-bond acceptors (Lipinski definition) is 7. The van der Waals surface area contributed by atoms with E-state index in [0.29, 0.717) is 0 Å². The molecule has 1 aromatic carbocycles. The molecule has 0 N–H and O–H groups in total. The van der Waals surface area contributed by atoms with Crippen LogP contribution in [0.25, 0.3) is 6.08 Å². The van der Waals surface area contributed by atoms with E-state index < -0.39 is 55.7 Å². The van der Waals surface area contributed by atoms with Gasteiger partial charge in [-0.1, -0.05) is 0 Å². The monoisotopic (exact) mass is 423 g/mol. The number of methoxy groups -OCH3 is 2. The van der Waals surface area contributed by atoms with E-state index in [-0.39, 0.29) is 5.56 Å². The minimum atomic E-state index is -3.27. The Labute approximate surface area is 162 Å². The molecule has 1 aromatic rings. The van der Waals surface area contributed by atoms with Gasteiger partial charge in [0.1, 0.15) is 24.6 Å². The number of hydrogen-bond donors (Lipinski definition) is 0. The molecule has 29 heavy (non-hydrogen) atoms. The Balaban J connectivity index is 3.08. The molecule has 0 spiro atoms. The Bertz CT molecular complexity index is 737. The molecule has 0 atom stereocenters. The van der Waals surface area contributed by atoms with Gasteiger partial charge in [-0.15, -0.1) is 0 Å². The van der Waals surface area contributed by atoms with Crippen LogP contribution in [0.1, 0.15) is 5.56 Å². The number of nitrogens with zero attached hydrogens (tertiary/aromatic N) is 1. The molecule has 12 heteroatoms. The van der Waals surface area contributed by atoms with Gasteiger partial charge in [0.05, 0.1) is 14.2 Å². The van der Waals surface area contributed by atoms with Crippen molar-refractivity contribution in [1.29, 1.82) is 0 Å². The normalized spacial score (nSPS) is 10.9. The number of carbonyl (C=O) groups is 3. The van der Waals surface area contributed by atoms with E-state index in [1.165, 1.54) is 0 Å². The van der Waals surface area contributed by atoms with Crippen LogP contribution in [0.5, 0.6) is 11.5 Å². The first-order valence-corrected chi connectivity index (χ1v) is 7.80. The average Bonchev–Trinajstić information content (AvgIpc) is 2.65. The predicted molar refractivity (Wildman–Crippen MR) is 89.4 cm³/mol. The summed E-state index contributed by atoms with van der Waals surface area (Å²) in [6.07, 6.45) is 1.90. The minimum absolute atomic E-state index is 0.0728. The summed E-state index contributed by atoms with van der Waals surface area (Å²) in [6.45, 7) is -7.59. The van der Waals surface area contributed by atoms with Gasteiger partial charge in [0.2, 0.25) is 5.91 Å². The molecule has 0 saturated heterocycles. The standard InChI is InChI=1S/C17H17F4NO7/c1-26-14(24)8-22(9-15(25)27-2)13(23)6-4-10-3-5-11(28-16(18)19)7-12(10)29-17(20)21/h3-7,16-17H,8-9H2,1-2H3/b6-4+. The fourth-order valence-electron chi connectivity index (χ4n) is 1.95. The molecule has 0 aromatic heterocycles. The molecule has 0 aliphatic carbocycles. The molecule has 0 saturated carbocycles. The van der Waals surface area contributed by atoms with Gasteiger partial charge in [0.25, 0.3) is 0 Å². The van der Waals surface area contributed by atoms with Gasteiger partial charge in [-0.3, -0.25) is 14.4 Å². The van der Waals surface area contributed by atoms with Crippen molar-refractivity contribution < 1.29 is 50.9 Å². The molecule has 160 valence electrons. The van der Waals surface area contributed by atoms with Crippen LogP contribution in [0.2, 0.25) is 0 Å². The minimum Gasteiger partial charge on any atom is -0.468 e. The molecule has 0 heterocycles. The first-order valence-electron chi connectivity index (χ1n) is 7.80. The van der Waals surface area contributed by atoms with E-state index in [9.17, 15) is 31.9 Å². The summed E-state index contributed by atoms with van der Waals surface area (Å²) in [6, 6.07) is 2.95. The zero-order chi connectivity index (χ0) is 22.0. The van der Waals surface area contributed by atoms with Crippen LogP contribution in [0.3, 0.4) is 0 Å². The fraction of sp³-hybridized carbons (Fsp3) is 0.353. The zero-order valence-electron chi connectivity index (χ0n) is 15.3. The van der Waals surface area contributed by atoms with Crippen LogP contribution >= 0.6 is 0 Å². The number of alkyl halides is 4. The van der Waals surface area contributed by atoms with Crippen LogP contribution in [-0.2, 0) is 23.9 Å². The highest BCUT2D eigenvalue weighted by Crippen LogP contribution is 2.28. The number of carbonyl (C=O) groups excluding carboxylic acids is 3. The number of amides is 1. The quantitative estimate of drug-likeness (QED) is 0.323. The Hall–Kier alpha value is -3.31. The third-order valence-corrected chi connectivity index (χ3v) is 3.24.